The van der Waals surface area contributed by atoms with E-state index >= 15 is 0 Å². The van der Waals surface area contributed by atoms with Crippen LogP contribution in [0.4, 0.5) is 0 Å². The van der Waals surface area contributed by atoms with E-state index in [0.717, 1.165) is 25.8 Å². The van der Waals surface area contributed by atoms with Crippen LogP contribution in [0.15, 0.2) is 45.3 Å². The summed E-state index contributed by atoms with van der Waals surface area (Å²) in [6.45, 7) is 4.67. The fourth-order valence-electron chi connectivity index (χ4n) is 1.98. The molecule has 0 radical (unpaired) electrons. The van der Waals surface area contributed by atoms with Gasteiger partial charge in [0.15, 0.2) is 0 Å². The van der Waals surface area contributed by atoms with Gasteiger partial charge in [-0.05, 0) is 59.1 Å². The van der Waals surface area contributed by atoms with E-state index in [1.54, 1.807) is 0 Å². The van der Waals surface area contributed by atoms with Gasteiger partial charge in [-0.3, -0.25) is 0 Å². The Morgan fingerprint density at radius 2 is 1.85 bits per heavy atom. The fourth-order valence-corrected chi connectivity index (χ4v) is 3.42. The van der Waals surface area contributed by atoms with E-state index in [-0.39, 0.29) is 5.38 Å². The molecule has 2 aromatic carbocycles. The highest BCUT2D eigenvalue weighted by Gasteiger charge is 2.15. The Morgan fingerprint density at radius 3 is 2.50 bits per heavy atom. The zero-order chi connectivity index (χ0) is 14.7. The highest BCUT2D eigenvalue weighted by atomic mass is 79.9. The van der Waals surface area contributed by atoms with Crippen molar-refractivity contribution in [3.63, 3.8) is 0 Å². The quantitative estimate of drug-likeness (QED) is 0.534. The molecule has 20 heavy (non-hydrogen) atoms. The zero-order valence-electron chi connectivity index (χ0n) is 11.3. The molecule has 1 nitrogen and oxygen atoms in total. The lowest BCUT2D eigenvalue weighted by Crippen LogP contribution is -1.97. The monoisotopic (exact) mass is 416 g/mol. The Labute approximate surface area is 141 Å². The molecule has 0 heterocycles. The van der Waals surface area contributed by atoms with E-state index in [1.807, 2.05) is 31.2 Å². The maximum atomic E-state index is 6.62. The molecule has 0 aliphatic heterocycles. The molecule has 4 heteroatoms. The van der Waals surface area contributed by atoms with E-state index in [2.05, 4.69) is 50.9 Å². The second-order valence-electron chi connectivity index (χ2n) is 4.51. The average molecular weight is 419 g/mol. The Hall–Kier alpha value is -0.510. The second kappa shape index (κ2) is 6.97. The molecule has 0 fully saturated rings. The van der Waals surface area contributed by atoms with E-state index in [9.17, 15) is 0 Å². The molecular formula is C16H15Br2ClO. The number of halogens is 3. The molecule has 106 valence electrons. The van der Waals surface area contributed by atoms with Crippen molar-refractivity contribution in [2.45, 2.75) is 19.2 Å². The van der Waals surface area contributed by atoms with Gasteiger partial charge in [0.2, 0.25) is 0 Å². The standard InChI is InChI=1S/C16H15Br2ClO/c1-3-20-15-7-5-11(9-14(15)18)16(19)12-8-10(2)4-6-13(12)17/h4-9,16H,3H2,1-2H3. The zero-order valence-corrected chi connectivity index (χ0v) is 15.2. The third-order valence-corrected chi connectivity index (χ3v) is 4.80. The Morgan fingerprint density at radius 1 is 1.10 bits per heavy atom. The van der Waals surface area contributed by atoms with Crippen LogP contribution in [0.5, 0.6) is 5.75 Å². The molecule has 0 aliphatic rings. The Kier molecular flexibility index (Phi) is 5.53. The van der Waals surface area contributed by atoms with Crippen molar-refractivity contribution < 1.29 is 4.74 Å². The molecule has 1 atom stereocenters. The van der Waals surface area contributed by atoms with Gasteiger partial charge in [-0.2, -0.15) is 0 Å². The summed E-state index contributed by atoms with van der Waals surface area (Å²) in [5, 5.41) is -0.198. The van der Waals surface area contributed by atoms with Crippen molar-refractivity contribution in [2.24, 2.45) is 0 Å². The second-order valence-corrected chi connectivity index (χ2v) is 6.66. The number of rotatable bonds is 4. The summed E-state index contributed by atoms with van der Waals surface area (Å²) < 4.78 is 7.46. The molecule has 0 saturated heterocycles. The van der Waals surface area contributed by atoms with Crippen LogP contribution >= 0.6 is 43.5 Å². The van der Waals surface area contributed by atoms with E-state index in [4.69, 9.17) is 16.3 Å². The van der Waals surface area contributed by atoms with Gasteiger partial charge in [-0.1, -0.05) is 39.7 Å². The normalized spacial score (nSPS) is 12.2. The van der Waals surface area contributed by atoms with Crippen LogP contribution in [0, 0.1) is 6.92 Å². The van der Waals surface area contributed by atoms with E-state index in [0.29, 0.717) is 6.61 Å². The van der Waals surface area contributed by atoms with Crippen LogP contribution in [0.1, 0.15) is 29.0 Å². The van der Waals surface area contributed by atoms with Gasteiger partial charge in [0, 0.05) is 4.47 Å². The SMILES string of the molecule is CCOc1ccc(C(Cl)c2cc(C)ccc2Br)cc1Br. The lowest BCUT2D eigenvalue weighted by atomic mass is 10.0. The number of aryl methyl sites for hydroxylation is 1. The number of benzene rings is 2. The summed E-state index contributed by atoms with van der Waals surface area (Å²) in [4.78, 5) is 0. The van der Waals surface area contributed by atoms with E-state index < -0.39 is 0 Å². The van der Waals surface area contributed by atoms with E-state index in [1.165, 1.54) is 5.56 Å². The Bertz CT molecular complexity index is 613. The number of hydrogen-bond acceptors (Lipinski definition) is 1. The molecule has 2 aromatic rings. The van der Waals surface area contributed by atoms with Crippen LogP contribution in [0.3, 0.4) is 0 Å². The van der Waals surface area contributed by atoms with Crippen LogP contribution in [-0.2, 0) is 0 Å². The molecule has 0 aromatic heterocycles. The summed E-state index contributed by atoms with van der Waals surface area (Å²) >= 11 is 13.7. The smallest absolute Gasteiger partial charge is 0.133 e. The van der Waals surface area contributed by atoms with Gasteiger partial charge in [0.05, 0.1) is 16.5 Å². The van der Waals surface area contributed by atoms with Gasteiger partial charge in [0.25, 0.3) is 0 Å². The lowest BCUT2D eigenvalue weighted by molar-refractivity contribution is 0.338. The minimum absolute atomic E-state index is 0.198. The maximum absolute atomic E-state index is 6.62. The predicted molar refractivity (Wildman–Crippen MR) is 91.9 cm³/mol. The highest BCUT2D eigenvalue weighted by Crippen LogP contribution is 2.37. The lowest BCUT2D eigenvalue weighted by Gasteiger charge is -2.15. The van der Waals surface area contributed by atoms with Crippen LogP contribution in [0.25, 0.3) is 0 Å². The topological polar surface area (TPSA) is 9.23 Å². The van der Waals surface area contributed by atoms with Crippen molar-refractivity contribution >= 4 is 43.5 Å². The predicted octanol–water partition coefficient (Wildman–Crippen LogP) is 6.25. The minimum Gasteiger partial charge on any atom is -0.493 e. The van der Waals surface area contributed by atoms with Gasteiger partial charge in [-0.25, -0.2) is 0 Å². The molecule has 0 bridgehead atoms. The first-order valence-corrected chi connectivity index (χ1v) is 8.37. The Balaban J connectivity index is 2.35. The summed E-state index contributed by atoms with van der Waals surface area (Å²) in [7, 11) is 0. The summed E-state index contributed by atoms with van der Waals surface area (Å²) in [5.74, 6) is 0.837. The number of alkyl halides is 1. The van der Waals surface area contributed by atoms with Gasteiger partial charge in [-0.15, -0.1) is 11.6 Å². The van der Waals surface area contributed by atoms with Crippen LogP contribution in [0.2, 0.25) is 0 Å². The summed E-state index contributed by atoms with van der Waals surface area (Å²) in [6, 6.07) is 12.2. The highest BCUT2D eigenvalue weighted by molar-refractivity contribution is 9.10. The van der Waals surface area contributed by atoms with Crippen LogP contribution in [-0.4, -0.2) is 6.61 Å². The van der Waals surface area contributed by atoms with Crippen molar-refractivity contribution in [1.29, 1.82) is 0 Å². The van der Waals surface area contributed by atoms with Crippen molar-refractivity contribution in [3.8, 4) is 5.75 Å². The largest absolute Gasteiger partial charge is 0.493 e. The maximum Gasteiger partial charge on any atom is 0.133 e. The first-order chi connectivity index (χ1) is 9.52. The third-order valence-electron chi connectivity index (χ3n) is 2.97. The first-order valence-electron chi connectivity index (χ1n) is 6.35. The summed E-state index contributed by atoms with van der Waals surface area (Å²) in [6.07, 6.45) is 0. The molecule has 0 spiro atoms. The van der Waals surface area contributed by atoms with Crippen molar-refractivity contribution in [2.75, 3.05) is 6.61 Å². The molecule has 0 N–H and O–H groups in total. The molecule has 0 aliphatic carbocycles. The first kappa shape index (κ1) is 15.9. The van der Waals surface area contributed by atoms with Gasteiger partial charge >= 0.3 is 0 Å². The third kappa shape index (κ3) is 3.57. The average Bonchev–Trinajstić information content (AvgIpc) is 2.43. The number of ether oxygens (including phenoxy) is 1. The number of hydrogen-bond donors (Lipinski definition) is 0. The minimum atomic E-state index is -0.198. The van der Waals surface area contributed by atoms with Crippen LogP contribution < -0.4 is 4.74 Å². The molecule has 2 rings (SSSR count). The van der Waals surface area contributed by atoms with Crippen molar-refractivity contribution in [3.05, 3.63) is 62.0 Å². The molecule has 1 unspecified atom stereocenters. The summed E-state index contributed by atoms with van der Waals surface area (Å²) in [5.41, 5.74) is 3.30. The molecular weight excluding hydrogens is 403 g/mol. The molecule has 0 saturated carbocycles. The molecule has 0 amide bonds. The van der Waals surface area contributed by atoms with Crippen molar-refractivity contribution in [1.82, 2.24) is 0 Å². The van der Waals surface area contributed by atoms with Gasteiger partial charge in [0.1, 0.15) is 5.75 Å². The fraction of sp³-hybridized carbons (Fsp3) is 0.250. The van der Waals surface area contributed by atoms with Gasteiger partial charge < -0.3 is 4.74 Å².